The molecule has 0 rings (SSSR count). The number of carbonyl (C=O) groups excluding carboxylic acids is 1. The zero-order valence-electron chi connectivity index (χ0n) is 13.4. The first-order valence-corrected chi connectivity index (χ1v) is 7.93. The Kier molecular flexibility index (Phi) is 18.9. The van der Waals surface area contributed by atoms with Crippen LogP contribution in [-0.2, 0) is 4.79 Å². The van der Waals surface area contributed by atoms with Gasteiger partial charge in [0, 0.05) is 5.97 Å². The van der Waals surface area contributed by atoms with Crippen molar-refractivity contribution in [1.29, 1.82) is 0 Å². The van der Waals surface area contributed by atoms with Crippen LogP contribution >= 0.6 is 0 Å². The number of aliphatic carboxylic acids is 1. The van der Waals surface area contributed by atoms with Crippen LogP contribution in [-0.4, -0.2) is 5.97 Å². The van der Waals surface area contributed by atoms with Crippen LogP contribution in [0.2, 0.25) is 0 Å². The van der Waals surface area contributed by atoms with E-state index in [9.17, 15) is 9.90 Å². The molecule has 0 fully saturated rings. The third-order valence-electron chi connectivity index (χ3n) is 3.65. The van der Waals surface area contributed by atoms with Gasteiger partial charge in [0.25, 0.3) is 0 Å². The maximum Gasteiger partial charge on any atom is 1.00 e. The van der Waals surface area contributed by atoms with Gasteiger partial charge < -0.3 is 9.90 Å². The van der Waals surface area contributed by atoms with E-state index in [0.717, 1.165) is 25.7 Å². The maximum absolute atomic E-state index is 11.0. The summed E-state index contributed by atoms with van der Waals surface area (Å²) in [6.45, 7) is 4.39. The van der Waals surface area contributed by atoms with Gasteiger partial charge in [-0.3, -0.25) is 0 Å². The third kappa shape index (κ3) is 14.7. The van der Waals surface area contributed by atoms with Gasteiger partial charge in [-0.05, 0) is 18.8 Å². The zero-order valence-corrected chi connectivity index (χ0v) is 15.4. The molecule has 0 aliphatic rings. The van der Waals surface area contributed by atoms with Crippen LogP contribution in [0.4, 0.5) is 0 Å². The van der Waals surface area contributed by atoms with E-state index in [1.165, 1.54) is 51.4 Å². The molecule has 0 aromatic heterocycles. The van der Waals surface area contributed by atoms with Gasteiger partial charge >= 0.3 is 29.6 Å². The molecule has 2 nitrogen and oxygen atoms in total. The van der Waals surface area contributed by atoms with E-state index in [2.05, 4.69) is 13.8 Å². The van der Waals surface area contributed by atoms with Gasteiger partial charge in [0.2, 0.25) is 0 Å². The summed E-state index contributed by atoms with van der Waals surface area (Å²) in [6, 6.07) is 0. The third-order valence-corrected chi connectivity index (χ3v) is 3.65. The predicted octanol–water partition coefficient (Wildman–Crippen LogP) is 1.08. The van der Waals surface area contributed by atoms with Gasteiger partial charge in [0.05, 0.1) is 0 Å². The van der Waals surface area contributed by atoms with Crippen molar-refractivity contribution in [2.75, 3.05) is 0 Å². The van der Waals surface area contributed by atoms with Crippen LogP contribution in [0.1, 0.15) is 90.9 Å². The number of unbranched alkanes of at least 4 members (excludes halogenated alkanes) is 8. The van der Waals surface area contributed by atoms with Gasteiger partial charge in [-0.2, -0.15) is 0 Å². The van der Waals surface area contributed by atoms with E-state index >= 15 is 0 Å². The molecule has 19 heavy (non-hydrogen) atoms. The summed E-state index contributed by atoms with van der Waals surface area (Å²) in [5, 5.41) is 11.0. The summed E-state index contributed by atoms with van der Waals surface area (Å²) in [4.78, 5) is 11.0. The van der Waals surface area contributed by atoms with Crippen molar-refractivity contribution in [2.24, 2.45) is 5.92 Å². The molecule has 0 bridgehead atoms. The fourth-order valence-electron chi connectivity index (χ4n) is 2.37. The summed E-state index contributed by atoms with van der Waals surface area (Å²) in [5.74, 6) is -1.03. The second-order valence-corrected chi connectivity index (χ2v) is 5.42. The number of rotatable bonds is 13. The number of carbonyl (C=O) groups is 1. The Morgan fingerprint density at radius 3 is 1.47 bits per heavy atom. The van der Waals surface area contributed by atoms with E-state index in [0.29, 0.717) is 0 Å². The quantitative estimate of drug-likeness (QED) is 0.373. The number of carboxylic acids is 1. The number of hydrogen-bond donors (Lipinski definition) is 0. The first-order chi connectivity index (χ1) is 8.72. The Morgan fingerprint density at radius 2 is 1.16 bits per heavy atom. The number of hydrogen-bond acceptors (Lipinski definition) is 2. The minimum Gasteiger partial charge on any atom is -0.550 e. The topological polar surface area (TPSA) is 40.1 Å². The minimum absolute atomic E-state index is 0. The maximum atomic E-state index is 11.0. The fourth-order valence-corrected chi connectivity index (χ4v) is 2.37. The first kappa shape index (κ1) is 21.8. The van der Waals surface area contributed by atoms with Crippen LogP contribution < -0.4 is 34.7 Å². The molecule has 0 unspecified atom stereocenters. The van der Waals surface area contributed by atoms with E-state index in [4.69, 9.17) is 0 Å². The molecule has 3 heteroatoms. The smallest absolute Gasteiger partial charge is 0.550 e. The van der Waals surface area contributed by atoms with Crippen LogP contribution in [0.25, 0.3) is 0 Å². The van der Waals surface area contributed by atoms with Crippen molar-refractivity contribution in [3.05, 3.63) is 0 Å². The Hall–Kier alpha value is 0.470. The van der Waals surface area contributed by atoms with E-state index < -0.39 is 5.97 Å². The van der Waals surface area contributed by atoms with Gasteiger partial charge in [0.1, 0.15) is 0 Å². The summed E-state index contributed by atoms with van der Waals surface area (Å²) in [6.07, 6.45) is 13.6. The average Bonchev–Trinajstić information content (AvgIpc) is 2.35. The Bertz CT molecular complexity index is 181. The molecule has 0 atom stereocenters. The van der Waals surface area contributed by atoms with Crippen molar-refractivity contribution < 1.29 is 39.5 Å². The SMILES string of the molecule is CCCCCCCC(CCCCCCC)C(=O)[O-].[Na+]. The largest absolute Gasteiger partial charge is 1.00 e. The van der Waals surface area contributed by atoms with Crippen LogP contribution in [0.15, 0.2) is 0 Å². The molecule has 0 aliphatic carbocycles. The van der Waals surface area contributed by atoms with E-state index in [-0.39, 0.29) is 35.5 Å². The molecular weight excluding hydrogens is 247 g/mol. The molecule has 108 valence electrons. The van der Waals surface area contributed by atoms with Crippen LogP contribution in [0, 0.1) is 5.92 Å². The predicted molar refractivity (Wildman–Crippen MR) is 75.2 cm³/mol. The molecular formula is C16H31NaO2. The summed E-state index contributed by atoms with van der Waals surface area (Å²) in [7, 11) is 0. The monoisotopic (exact) mass is 278 g/mol. The van der Waals surface area contributed by atoms with Crippen molar-refractivity contribution >= 4 is 5.97 Å². The first-order valence-electron chi connectivity index (χ1n) is 7.93. The molecule has 0 saturated carbocycles. The Labute approximate surface area is 142 Å². The molecule has 0 spiro atoms. The van der Waals surface area contributed by atoms with Gasteiger partial charge in [-0.25, -0.2) is 0 Å². The molecule has 0 amide bonds. The summed E-state index contributed by atoms with van der Waals surface area (Å²) < 4.78 is 0. The Balaban J connectivity index is 0. The van der Waals surface area contributed by atoms with Crippen LogP contribution in [0.5, 0.6) is 0 Å². The number of carboxylic acid groups (broad SMARTS) is 1. The van der Waals surface area contributed by atoms with Crippen molar-refractivity contribution in [3.8, 4) is 0 Å². The second kappa shape index (κ2) is 16.5. The van der Waals surface area contributed by atoms with Crippen LogP contribution in [0.3, 0.4) is 0 Å². The molecule has 0 aliphatic heterocycles. The summed E-state index contributed by atoms with van der Waals surface area (Å²) >= 11 is 0. The van der Waals surface area contributed by atoms with Crippen molar-refractivity contribution in [2.45, 2.75) is 90.9 Å². The molecule has 0 aromatic carbocycles. The Morgan fingerprint density at radius 1 is 0.789 bits per heavy atom. The van der Waals surface area contributed by atoms with Gasteiger partial charge in [-0.1, -0.05) is 78.1 Å². The van der Waals surface area contributed by atoms with Crippen molar-refractivity contribution in [1.82, 2.24) is 0 Å². The fraction of sp³-hybridized carbons (Fsp3) is 0.938. The average molecular weight is 278 g/mol. The zero-order chi connectivity index (χ0) is 13.6. The van der Waals surface area contributed by atoms with E-state index in [1.807, 2.05) is 0 Å². The van der Waals surface area contributed by atoms with Crippen molar-refractivity contribution in [3.63, 3.8) is 0 Å². The van der Waals surface area contributed by atoms with Gasteiger partial charge in [-0.15, -0.1) is 0 Å². The molecule has 0 aromatic rings. The standard InChI is InChI=1S/C16H32O2.Na/c1-3-5-7-9-11-13-15(16(17)18)14-12-10-8-6-4-2;/h15H,3-14H2,1-2H3,(H,17,18);/q;+1/p-1. The normalized spacial score (nSPS) is 10.5. The molecule has 0 radical (unpaired) electrons. The second-order valence-electron chi connectivity index (χ2n) is 5.42. The molecule has 0 N–H and O–H groups in total. The molecule has 0 saturated heterocycles. The minimum atomic E-state index is -0.832. The summed E-state index contributed by atoms with van der Waals surface area (Å²) in [5.41, 5.74) is 0. The molecule has 0 heterocycles. The van der Waals surface area contributed by atoms with E-state index in [1.54, 1.807) is 0 Å². The van der Waals surface area contributed by atoms with Gasteiger partial charge in [0.15, 0.2) is 0 Å².